The number of hydrogen-bond acceptors (Lipinski definition) is 4. The number of rotatable bonds is 6. The molecule has 0 saturated carbocycles. The van der Waals surface area contributed by atoms with Crippen molar-refractivity contribution in [3.8, 4) is 5.75 Å². The first-order valence-electron chi connectivity index (χ1n) is 6.16. The second-order valence-corrected chi connectivity index (χ2v) is 5.40. The van der Waals surface area contributed by atoms with E-state index in [4.69, 9.17) is 4.74 Å². The molecule has 0 fully saturated rings. The predicted octanol–water partition coefficient (Wildman–Crippen LogP) is 2.81. The first kappa shape index (κ1) is 15.1. The van der Waals surface area contributed by atoms with Crippen LogP contribution < -0.4 is 4.74 Å². The number of carbonyl (C=O) groups excluding carboxylic acids is 1. The molecule has 0 heterocycles. The van der Waals surface area contributed by atoms with E-state index in [2.05, 4.69) is 0 Å². The molecule has 0 saturated heterocycles. The topological polar surface area (TPSA) is 69.4 Å². The minimum Gasteiger partial charge on any atom is -0.488 e. The van der Waals surface area contributed by atoms with Gasteiger partial charge in [0.2, 0.25) is 6.54 Å². The fraction of sp³-hybridized carbons (Fsp3) is 0.500. The lowest BCUT2D eigenvalue weighted by atomic mass is 9.96. The maximum Gasteiger partial charge on any atom is 0.211 e. The van der Waals surface area contributed by atoms with Crippen LogP contribution in [0.5, 0.6) is 5.75 Å². The molecule has 1 aromatic rings. The Morgan fingerprint density at radius 2 is 1.89 bits per heavy atom. The van der Waals surface area contributed by atoms with Crippen LogP contribution in [0.3, 0.4) is 0 Å². The molecule has 1 unspecified atom stereocenters. The number of carbonyl (C=O) groups is 1. The van der Waals surface area contributed by atoms with Crippen molar-refractivity contribution in [2.24, 2.45) is 0 Å². The molecule has 0 radical (unpaired) electrons. The molecule has 0 aliphatic heterocycles. The summed E-state index contributed by atoms with van der Waals surface area (Å²) < 4.78 is 5.67. The molecule has 1 aromatic carbocycles. The van der Waals surface area contributed by atoms with Gasteiger partial charge >= 0.3 is 0 Å². The van der Waals surface area contributed by atoms with Gasteiger partial charge in [0.15, 0.2) is 0 Å². The molecule has 104 valence electrons. The summed E-state index contributed by atoms with van der Waals surface area (Å²) in [5.74, 6) is 0.332. The Kier molecular flexibility index (Phi) is 5.03. The molecule has 1 rings (SSSR count). The van der Waals surface area contributed by atoms with Crippen molar-refractivity contribution in [1.29, 1.82) is 0 Å². The molecular formula is C14H19NO4. The highest BCUT2D eigenvalue weighted by Gasteiger charge is 2.18. The zero-order chi connectivity index (χ0) is 14.5. The molecule has 0 N–H and O–H groups in total. The van der Waals surface area contributed by atoms with Crippen LogP contribution in [-0.2, 0) is 4.79 Å². The Labute approximate surface area is 112 Å². The quantitative estimate of drug-likeness (QED) is 0.450. The summed E-state index contributed by atoms with van der Waals surface area (Å²) in [7, 11) is 0. The van der Waals surface area contributed by atoms with Crippen LogP contribution in [0, 0.1) is 10.1 Å². The summed E-state index contributed by atoms with van der Waals surface area (Å²) in [6.07, 6.45) is 0.869. The van der Waals surface area contributed by atoms with Crippen LogP contribution in [0.4, 0.5) is 0 Å². The van der Waals surface area contributed by atoms with Crippen LogP contribution in [0.2, 0.25) is 0 Å². The number of nitrogens with zero attached hydrogens (tertiary/aromatic N) is 1. The number of aldehydes is 1. The summed E-state index contributed by atoms with van der Waals surface area (Å²) >= 11 is 0. The molecule has 5 nitrogen and oxygen atoms in total. The van der Waals surface area contributed by atoms with Crippen LogP contribution in [0.15, 0.2) is 24.3 Å². The molecule has 5 heteroatoms. The van der Waals surface area contributed by atoms with Gasteiger partial charge in [-0.25, -0.2) is 0 Å². The van der Waals surface area contributed by atoms with Crippen LogP contribution >= 0.6 is 0 Å². The molecule has 1 atom stereocenters. The van der Waals surface area contributed by atoms with Gasteiger partial charge in [-0.05, 0) is 38.5 Å². The average Bonchev–Trinajstić information content (AvgIpc) is 2.27. The standard InChI is InChI=1S/C14H19NO4/c1-14(2,3)19-13-6-4-11(5-7-13)12(8-9-16)10-15(17)18/h4-7,9,12H,8,10H2,1-3H3. The summed E-state index contributed by atoms with van der Waals surface area (Å²) in [6.45, 7) is 5.60. The first-order valence-corrected chi connectivity index (χ1v) is 6.16. The maximum atomic E-state index is 10.6. The van der Waals surface area contributed by atoms with E-state index in [9.17, 15) is 14.9 Å². The molecule has 0 aliphatic carbocycles. The largest absolute Gasteiger partial charge is 0.488 e. The molecule has 19 heavy (non-hydrogen) atoms. The second kappa shape index (κ2) is 6.31. The minimum atomic E-state index is -0.395. The summed E-state index contributed by atoms with van der Waals surface area (Å²) in [5.41, 5.74) is 0.495. The zero-order valence-corrected chi connectivity index (χ0v) is 11.5. The van der Waals surface area contributed by atoms with Crippen molar-refractivity contribution in [2.45, 2.75) is 38.7 Å². The second-order valence-electron chi connectivity index (χ2n) is 5.40. The third-order valence-electron chi connectivity index (χ3n) is 2.53. The summed E-state index contributed by atoms with van der Waals surface area (Å²) in [5, 5.41) is 10.6. The lowest BCUT2D eigenvalue weighted by Gasteiger charge is -2.21. The molecule has 0 aliphatic rings. The highest BCUT2D eigenvalue weighted by Crippen LogP contribution is 2.24. The van der Waals surface area contributed by atoms with Crippen LogP contribution in [-0.4, -0.2) is 23.4 Å². The minimum absolute atomic E-state index is 0.153. The van der Waals surface area contributed by atoms with Crippen molar-refractivity contribution >= 4 is 6.29 Å². The molecular weight excluding hydrogens is 246 g/mol. The van der Waals surface area contributed by atoms with E-state index in [-0.39, 0.29) is 24.5 Å². The van der Waals surface area contributed by atoms with Crippen LogP contribution in [0.25, 0.3) is 0 Å². The number of hydrogen-bond donors (Lipinski definition) is 0. The van der Waals surface area contributed by atoms with Crippen molar-refractivity contribution in [1.82, 2.24) is 0 Å². The normalized spacial score (nSPS) is 12.8. The van der Waals surface area contributed by atoms with Crippen molar-refractivity contribution in [3.63, 3.8) is 0 Å². The van der Waals surface area contributed by atoms with E-state index in [0.29, 0.717) is 12.0 Å². The first-order chi connectivity index (χ1) is 8.81. The van der Waals surface area contributed by atoms with E-state index in [1.54, 1.807) is 24.3 Å². The van der Waals surface area contributed by atoms with E-state index in [1.165, 1.54) is 0 Å². The van der Waals surface area contributed by atoms with Gasteiger partial charge in [0.1, 0.15) is 17.6 Å². The third-order valence-corrected chi connectivity index (χ3v) is 2.53. The lowest BCUT2D eigenvalue weighted by molar-refractivity contribution is -0.483. The number of benzene rings is 1. The predicted molar refractivity (Wildman–Crippen MR) is 72.1 cm³/mol. The van der Waals surface area contributed by atoms with Gasteiger partial charge in [0.05, 0.1) is 5.92 Å². The summed E-state index contributed by atoms with van der Waals surface area (Å²) in [6, 6.07) is 7.11. The highest BCUT2D eigenvalue weighted by molar-refractivity contribution is 5.51. The van der Waals surface area contributed by atoms with E-state index >= 15 is 0 Å². The van der Waals surface area contributed by atoms with Crippen molar-refractivity contribution in [3.05, 3.63) is 39.9 Å². The van der Waals surface area contributed by atoms with Gasteiger partial charge in [-0.3, -0.25) is 10.1 Å². The Hall–Kier alpha value is -1.91. The fourth-order valence-corrected chi connectivity index (χ4v) is 1.77. The monoisotopic (exact) mass is 265 g/mol. The number of ether oxygens (including phenoxy) is 1. The van der Waals surface area contributed by atoms with Gasteiger partial charge in [-0.2, -0.15) is 0 Å². The highest BCUT2D eigenvalue weighted by atomic mass is 16.6. The smallest absolute Gasteiger partial charge is 0.211 e. The Balaban J connectivity index is 2.82. The van der Waals surface area contributed by atoms with Crippen molar-refractivity contribution in [2.75, 3.05) is 6.54 Å². The van der Waals surface area contributed by atoms with Gasteiger partial charge in [-0.15, -0.1) is 0 Å². The van der Waals surface area contributed by atoms with E-state index in [0.717, 1.165) is 5.56 Å². The zero-order valence-electron chi connectivity index (χ0n) is 11.5. The Morgan fingerprint density at radius 1 is 1.32 bits per heavy atom. The van der Waals surface area contributed by atoms with Gasteiger partial charge in [0.25, 0.3) is 0 Å². The van der Waals surface area contributed by atoms with E-state index in [1.807, 2.05) is 20.8 Å². The van der Waals surface area contributed by atoms with Crippen molar-refractivity contribution < 1.29 is 14.5 Å². The lowest BCUT2D eigenvalue weighted by Crippen LogP contribution is -2.22. The van der Waals surface area contributed by atoms with Gasteiger partial charge in [0, 0.05) is 11.3 Å². The van der Waals surface area contributed by atoms with Gasteiger partial charge in [-0.1, -0.05) is 12.1 Å². The summed E-state index contributed by atoms with van der Waals surface area (Å²) in [4.78, 5) is 20.8. The average molecular weight is 265 g/mol. The molecule has 0 aromatic heterocycles. The molecule has 0 bridgehead atoms. The SMILES string of the molecule is CC(C)(C)Oc1ccc(C(CC=O)C[N+](=O)[O-])cc1. The Morgan fingerprint density at radius 3 is 2.32 bits per heavy atom. The third kappa shape index (κ3) is 5.50. The molecule has 0 spiro atoms. The molecule has 0 amide bonds. The Bertz CT molecular complexity index is 434. The van der Waals surface area contributed by atoms with E-state index < -0.39 is 4.92 Å². The van der Waals surface area contributed by atoms with Crippen LogP contribution in [0.1, 0.15) is 38.7 Å². The fourth-order valence-electron chi connectivity index (χ4n) is 1.77. The van der Waals surface area contributed by atoms with Gasteiger partial charge < -0.3 is 9.53 Å². The maximum absolute atomic E-state index is 10.6. The number of nitro groups is 1.